The molecule has 6 heteroatoms. The number of fused-ring (bicyclic) bond motifs is 1. The third kappa shape index (κ3) is 4.05. The second-order valence-electron chi connectivity index (χ2n) is 4.48. The number of hydrogen-bond donors (Lipinski definition) is 2. The maximum absolute atomic E-state index is 10.4. The van der Waals surface area contributed by atoms with Gasteiger partial charge in [0.25, 0.3) is 0 Å². The minimum Gasteiger partial charge on any atom is -0.486 e. The van der Waals surface area contributed by atoms with Crippen molar-refractivity contribution >= 4 is 17.7 Å². The molecule has 0 saturated carbocycles. The van der Waals surface area contributed by atoms with Crippen LogP contribution in [0.4, 0.5) is 0 Å². The van der Waals surface area contributed by atoms with Gasteiger partial charge in [0.05, 0.1) is 0 Å². The lowest BCUT2D eigenvalue weighted by atomic mass is 10.2. The topological polar surface area (TPSA) is 67.8 Å². The largest absolute Gasteiger partial charge is 0.486 e. The van der Waals surface area contributed by atoms with Crippen LogP contribution in [0.3, 0.4) is 0 Å². The van der Waals surface area contributed by atoms with Crippen molar-refractivity contribution < 1.29 is 19.4 Å². The van der Waals surface area contributed by atoms with Gasteiger partial charge in [0.2, 0.25) is 0 Å². The summed E-state index contributed by atoms with van der Waals surface area (Å²) >= 11 is 1.67. The number of carbonyl (C=O) groups is 1. The van der Waals surface area contributed by atoms with Gasteiger partial charge in [-0.05, 0) is 36.9 Å². The second kappa shape index (κ2) is 7.40. The molecule has 0 unspecified atom stereocenters. The van der Waals surface area contributed by atoms with Crippen LogP contribution in [0.1, 0.15) is 18.4 Å². The molecule has 0 radical (unpaired) electrons. The zero-order valence-electron chi connectivity index (χ0n) is 11.5. The van der Waals surface area contributed by atoms with Gasteiger partial charge >= 0.3 is 5.97 Å². The molecule has 0 saturated heterocycles. The van der Waals surface area contributed by atoms with Gasteiger partial charge in [0.15, 0.2) is 11.5 Å². The Morgan fingerprint density at radius 2 is 2.05 bits per heavy atom. The molecule has 1 aliphatic heterocycles. The van der Waals surface area contributed by atoms with Crippen molar-refractivity contribution in [2.45, 2.75) is 24.3 Å². The predicted molar refractivity (Wildman–Crippen MR) is 77.8 cm³/mol. The highest BCUT2D eigenvalue weighted by Gasteiger charge is 2.15. The van der Waals surface area contributed by atoms with Gasteiger partial charge in [0.1, 0.15) is 13.2 Å². The van der Waals surface area contributed by atoms with E-state index in [1.54, 1.807) is 11.8 Å². The van der Waals surface area contributed by atoms with Gasteiger partial charge in [-0.1, -0.05) is 0 Å². The summed E-state index contributed by atoms with van der Waals surface area (Å²) in [6.45, 7) is 2.56. The quantitative estimate of drug-likeness (QED) is 0.593. The molecule has 0 spiro atoms. The molecule has 0 fully saturated rings. The molecule has 1 aromatic carbocycles. The molecule has 1 aliphatic rings. The Hall–Kier alpha value is -1.40. The SMILES string of the molecule is CSc1cc2c(cc1CNCCCC(=O)O)OCCO2. The summed E-state index contributed by atoms with van der Waals surface area (Å²) in [7, 11) is 0. The fraction of sp³-hybridized carbons (Fsp3) is 0.500. The van der Waals surface area contributed by atoms with E-state index in [0.29, 0.717) is 32.7 Å². The van der Waals surface area contributed by atoms with Crippen LogP contribution in [0.5, 0.6) is 11.5 Å². The van der Waals surface area contributed by atoms with Gasteiger partial charge in [-0.3, -0.25) is 4.79 Å². The van der Waals surface area contributed by atoms with Crippen LogP contribution < -0.4 is 14.8 Å². The van der Waals surface area contributed by atoms with Crippen LogP contribution in [-0.2, 0) is 11.3 Å². The minimum atomic E-state index is -0.754. The Bertz CT molecular complexity index is 478. The number of nitrogens with one attached hydrogen (secondary N) is 1. The van der Waals surface area contributed by atoms with Crippen LogP contribution in [0.25, 0.3) is 0 Å². The van der Waals surface area contributed by atoms with Gasteiger partial charge in [0, 0.05) is 17.9 Å². The number of benzene rings is 1. The van der Waals surface area contributed by atoms with Crippen molar-refractivity contribution in [1.29, 1.82) is 0 Å². The summed E-state index contributed by atoms with van der Waals surface area (Å²) in [6, 6.07) is 4.01. The summed E-state index contributed by atoms with van der Waals surface area (Å²) in [6.07, 6.45) is 2.86. The molecule has 110 valence electrons. The molecule has 0 aromatic heterocycles. The van der Waals surface area contributed by atoms with E-state index in [9.17, 15) is 4.79 Å². The highest BCUT2D eigenvalue weighted by molar-refractivity contribution is 7.98. The lowest BCUT2D eigenvalue weighted by molar-refractivity contribution is -0.137. The van der Waals surface area contributed by atoms with Crippen LogP contribution >= 0.6 is 11.8 Å². The smallest absolute Gasteiger partial charge is 0.303 e. The van der Waals surface area contributed by atoms with Crippen LogP contribution in [0, 0.1) is 0 Å². The van der Waals surface area contributed by atoms with Crippen LogP contribution in [0.15, 0.2) is 17.0 Å². The van der Waals surface area contributed by atoms with E-state index >= 15 is 0 Å². The van der Waals surface area contributed by atoms with Gasteiger partial charge in [-0.25, -0.2) is 0 Å². The first-order valence-electron chi connectivity index (χ1n) is 6.59. The molecule has 0 bridgehead atoms. The van der Waals surface area contributed by atoms with E-state index in [0.717, 1.165) is 22.0 Å². The standard InChI is InChI=1S/C14H19NO4S/c1-20-13-8-12-11(18-5-6-19-12)7-10(13)9-15-4-2-3-14(16)17/h7-8,15H,2-6,9H2,1H3,(H,16,17). The molecule has 0 amide bonds. The van der Waals surface area contributed by atoms with Gasteiger partial charge < -0.3 is 19.9 Å². The fourth-order valence-electron chi connectivity index (χ4n) is 2.03. The Balaban J connectivity index is 1.94. The lowest BCUT2D eigenvalue weighted by Crippen LogP contribution is -2.18. The highest BCUT2D eigenvalue weighted by Crippen LogP contribution is 2.36. The molecule has 5 nitrogen and oxygen atoms in total. The van der Waals surface area contributed by atoms with E-state index in [-0.39, 0.29) is 6.42 Å². The minimum absolute atomic E-state index is 0.198. The molecule has 2 rings (SSSR count). The van der Waals surface area contributed by atoms with Crippen molar-refractivity contribution in [3.63, 3.8) is 0 Å². The summed E-state index contributed by atoms with van der Waals surface area (Å²) in [5.41, 5.74) is 1.15. The molecule has 0 aliphatic carbocycles. The van der Waals surface area contributed by atoms with Crippen LogP contribution in [-0.4, -0.2) is 37.1 Å². The fourth-order valence-corrected chi connectivity index (χ4v) is 2.65. The molecule has 1 heterocycles. The number of hydrogen-bond acceptors (Lipinski definition) is 5. The number of ether oxygens (including phenoxy) is 2. The molecule has 2 N–H and O–H groups in total. The highest BCUT2D eigenvalue weighted by atomic mass is 32.2. The Morgan fingerprint density at radius 1 is 1.35 bits per heavy atom. The molecular weight excluding hydrogens is 278 g/mol. The maximum Gasteiger partial charge on any atom is 0.303 e. The summed E-state index contributed by atoms with van der Waals surface area (Å²) in [5, 5.41) is 11.8. The van der Waals surface area contributed by atoms with E-state index in [1.807, 2.05) is 18.4 Å². The summed E-state index contributed by atoms with van der Waals surface area (Å²) in [5.74, 6) is 0.836. The number of rotatable bonds is 7. The first kappa shape index (κ1) is 15.0. The Kier molecular flexibility index (Phi) is 5.55. The second-order valence-corrected chi connectivity index (χ2v) is 5.33. The third-order valence-electron chi connectivity index (χ3n) is 3.00. The molecule has 0 atom stereocenters. The lowest BCUT2D eigenvalue weighted by Gasteiger charge is -2.21. The average Bonchev–Trinajstić information content (AvgIpc) is 2.45. The number of thioether (sulfide) groups is 1. The number of carboxylic acids is 1. The first-order valence-corrected chi connectivity index (χ1v) is 7.82. The van der Waals surface area contributed by atoms with Crippen LogP contribution in [0.2, 0.25) is 0 Å². The zero-order chi connectivity index (χ0) is 14.4. The first-order chi connectivity index (χ1) is 9.70. The predicted octanol–water partition coefficient (Wildman–Crippen LogP) is 2.13. The van der Waals surface area contributed by atoms with Crippen molar-refractivity contribution in [2.24, 2.45) is 0 Å². The number of carboxylic acid groups (broad SMARTS) is 1. The average molecular weight is 297 g/mol. The maximum atomic E-state index is 10.4. The Morgan fingerprint density at radius 3 is 2.70 bits per heavy atom. The monoisotopic (exact) mass is 297 g/mol. The summed E-state index contributed by atoms with van der Waals surface area (Å²) < 4.78 is 11.1. The molecule has 20 heavy (non-hydrogen) atoms. The summed E-state index contributed by atoms with van der Waals surface area (Å²) in [4.78, 5) is 11.6. The molecular formula is C14H19NO4S. The van der Waals surface area contributed by atoms with E-state index in [4.69, 9.17) is 14.6 Å². The van der Waals surface area contributed by atoms with Gasteiger partial charge in [-0.2, -0.15) is 0 Å². The van der Waals surface area contributed by atoms with E-state index in [2.05, 4.69) is 5.32 Å². The molecule has 1 aromatic rings. The van der Waals surface area contributed by atoms with Crippen molar-refractivity contribution in [1.82, 2.24) is 5.32 Å². The normalized spacial score (nSPS) is 13.2. The van der Waals surface area contributed by atoms with Crippen molar-refractivity contribution in [3.05, 3.63) is 17.7 Å². The number of aliphatic carboxylic acids is 1. The third-order valence-corrected chi connectivity index (χ3v) is 3.82. The van der Waals surface area contributed by atoms with E-state index < -0.39 is 5.97 Å². The Labute approximate surface area is 122 Å². The van der Waals surface area contributed by atoms with E-state index in [1.165, 1.54) is 0 Å². The zero-order valence-corrected chi connectivity index (χ0v) is 12.3. The van der Waals surface area contributed by atoms with Gasteiger partial charge in [-0.15, -0.1) is 11.8 Å². The van der Waals surface area contributed by atoms with Crippen molar-refractivity contribution in [2.75, 3.05) is 26.0 Å². The van der Waals surface area contributed by atoms with Crippen molar-refractivity contribution in [3.8, 4) is 11.5 Å².